The van der Waals surface area contributed by atoms with Crippen molar-refractivity contribution in [3.05, 3.63) is 98.0 Å². The molecule has 8 heteroatoms. The average molecular weight is 487 g/mol. The van der Waals surface area contributed by atoms with Crippen molar-refractivity contribution in [3.8, 4) is 11.5 Å². The molecule has 3 rings (SSSR count). The Labute approximate surface area is 188 Å². The van der Waals surface area contributed by atoms with Gasteiger partial charge in [-0.1, -0.05) is 46.3 Å². The molecule has 3 aromatic rings. The number of aliphatic hydroxyl groups is 1. The minimum atomic E-state index is -0.630. The number of halogens is 1. The zero-order chi connectivity index (χ0) is 22.2. The monoisotopic (exact) mass is 486 g/mol. The van der Waals surface area contributed by atoms with Crippen molar-refractivity contribution >= 4 is 21.6 Å². The summed E-state index contributed by atoms with van der Waals surface area (Å²) in [6.45, 7) is 1.04. The van der Waals surface area contributed by atoms with E-state index in [9.17, 15) is 15.2 Å². The van der Waals surface area contributed by atoms with E-state index in [4.69, 9.17) is 9.47 Å². The molecule has 1 atom stereocenters. The average Bonchev–Trinajstić information content (AvgIpc) is 2.79. The van der Waals surface area contributed by atoms with Crippen molar-refractivity contribution in [2.24, 2.45) is 0 Å². The van der Waals surface area contributed by atoms with Gasteiger partial charge >= 0.3 is 0 Å². The summed E-state index contributed by atoms with van der Waals surface area (Å²) >= 11 is 3.56. The Bertz CT molecular complexity index is 1010. The molecule has 3 aromatic carbocycles. The van der Waals surface area contributed by atoms with Gasteiger partial charge in [-0.3, -0.25) is 10.1 Å². The van der Waals surface area contributed by atoms with Crippen LogP contribution >= 0.6 is 15.9 Å². The van der Waals surface area contributed by atoms with Crippen molar-refractivity contribution < 1.29 is 19.5 Å². The maximum absolute atomic E-state index is 10.8. The number of nitro benzene ring substituents is 1. The number of nitrogens with zero attached hydrogens (tertiary/aromatic N) is 1. The predicted octanol–water partition coefficient (Wildman–Crippen LogP) is 4.77. The Hall–Kier alpha value is -2.94. The molecule has 0 aliphatic carbocycles. The third-order valence-corrected chi connectivity index (χ3v) is 5.48. The van der Waals surface area contributed by atoms with Crippen molar-refractivity contribution in [2.45, 2.75) is 19.3 Å². The van der Waals surface area contributed by atoms with Gasteiger partial charge in [0.2, 0.25) is 0 Å². The number of non-ortho nitro benzene ring substituents is 1. The predicted molar refractivity (Wildman–Crippen MR) is 121 cm³/mol. The summed E-state index contributed by atoms with van der Waals surface area (Å²) in [6, 6.07) is 19.4. The fourth-order valence-electron chi connectivity index (χ4n) is 3.06. The van der Waals surface area contributed by atoms with Crippen molar-refractivity contribution in [1.82, 2.24) is 5.32 Å². The number of aliphatic hydroxyl groups excluding tert-OH is 1. The first-order chi connectivity index (χ1) is 15.0. The molecule has 0 saturated heterocycles. The molecule has 0 amide bonds. The Balaban J connectivity index is 1.70. The molecule has 0 aliphatic heterocycles. The lowest BCUT2D eigenvalue weighted by molar-refractivity contribution is -0.384. The number of hydrogen-bond donors (Lipinski definition) is 2. The molecule has 31 heavy (non-hydrogen) atoms. The van der Waals surface area contributed by atoms with Crippen LogP contribution in [0.2, 0.25) is 0 Å². The Morgan fingerprint density at radius 2 is 1.81 bits per heavy atom. The third-order valence-electron chi connectivity index (χ3n) is 4.74. The molecular weight excluding hydrogens is 464 g/mol. The number of methoxy groups -OCH3 is 1. The normalized spacial score (nSPS) is 11.7. The summed E-state index contributed by atoms with van der Waals surface area (Å²) in [5.74, 6) is 1.14. The van der Waals surface area contributed by atoms with Gasteiger partial charge in [-0.15, -0.1) is 0 Å². The zero-order valence-corrected chi connectivity index (χ0v) is 18.5. The summed E-state index contributed by atoms with van der Waals surface area (Å²) in [4.78, 5) is 10.4. The first-order valence-corrected chi connectivity index (χ1v) is 10.4. The second-order valence-corrected chi connectivity index (χ2v) is 7.68. The summed E-state index contributed by atoms with van der Waals surface area (Å²) in [5.41, 5.74) is 2.52. The van der Waals surface area contributed by atoms with E-state index < -0.39 is 11.0 Å². The highest BCUT2D eigenvalue weighted by Crippen LogP contribution is 2.37. The van der Waals surface area contributed by atoms with Gasteiger partial charge in [-0.25, -0.2) is 0 Å². The standard InChI is InChI=1S/C23H23BrN2O5/c1-30-22-12-11-20(24)19(13-25-14-21(27)17-5-3-2-4-6-17)23(22)31-15-16-7-9-18(10-8-16)26(28)29/h2-12,21,25,27H,13-15H2,1H3. The van der Waals surface area contributed by atoms with Crippen LogP contribution in [0.4, 0.5) is 5.69 Å². The van der Waals surface area contributed by atoms with Crippen LogP contribution in [-0.4, -0.2) is 23.7 Å². The van der Waals surface area contributed by atoms with Crippen molar-refractivity contribution in [3.63, 3.8) is 0 Å². The largest absolute Gasteiger partial charge is 0.493 e. The van der Waals surface area contributed by atoms with Crippen LogP contribution in [0.15, 0.2) is 71.2 Å². The SMILES string of the molecule is COc1ccc(Br)c(CNCC(O)c2ccccc2)c1OCc1ccc([N+](=O)[O-])cc1. The lowest BCUT2D eigenvalue weighted by Crippen LogP contribution is -2.21. The van der Waals surface area contributed by atoms with Gasteiger partial charge in [0.05, 0.1) is 18.1 Å². The van der Waals surface area contributed by atoms with Gasteiger partial charge < -0.3 is 19.9 Å². The van der Waals surface area contributed by atoms with E-state index in [1.54, 1.807) is 25.3 Å². The summed E-state index contributed by atoms with van der Waals surface area (Å²) < 4.78 is 12.3. The Morgan fingerprint density at radius 1 is 1.10 bits per heavy atom. The lowest BCUT2D eigenvalue weighted by Gasteiger charge is -2.18. The molecule has 0 saturated carbocycles. The van der Waals surface area contributed by atoms with Gasteiger partial charge in [0.15, 0.2) is 11.5 Å². The van der Waals surface area contributed by atoms with Crippen LogP contribution < -0.4 is 14.8 Å². The van der Waals surface area contributed by atoms with E-state index in [-0.39, 0.29) is 12.3 Å². The van der Waals surface area contributed by atoms with Crippen LogP contribution in [0.25, 0.3) is 0 Å². The first kappa shape index (κ1) is 22.7. The van der Waals surface area contributed by atoms with Gasteiger partial charge in [0.1, 0.15) is 6.61 Å². The Morgan fingerprint density at radius 3 is 2.45 bits per heavy atom. The van der Waals surface area contributed by atoms with E-state index in [1.165, 1.54) is 12.1 Å². The van der Waals surface area contributed by atoms with E-state index in [0.717, 1.165) is 21.2 Å². The van der Waals surface area contributed by atoms with Gasteiger partial charge in [0, 0.05) is 35.3 Å². The quantitative estimate of drug-likeness (QED) is 0.316. The lowest BCUT2D eigenvalue weighted by atomic mass is 10.1. The van der Waals surface area contributed by atoms with E-state index in [1.807, 2.05) is 36.4 Å². The number of rotatable bonds is 10. The molecular formula is C23H23BrN2O5. The van der Waals surface area contributed by atoms with Gasteiger partial charge in [-0.2, -0.15) is 0 Å². The number of hydrogen-bond acceptors (Lipinski definition) is 6. The van der Waals surface area contributed by atoms with Crippen molar-refractivity contribution in [1.29, 1.82) is 0 Å². The second-order valence-electron chi connectivity index (χ2n) is 6.83. The summed E-state index contributed by atoms with van der Waals surface area (Å²) in [6.07, 6.45) is -0.630. The summed E-state index contributed by atoms with van der Waals surface area (Å²) in [7, 11) is 1.57. The number of benzene rings is 3. The molecule has 7 nitrogen and oxygen atoms in total. The molecule has 0 fully saturated rings. The van der Waals surface area contributed by atoms with Crippen LogP contribution in [0, 0.1) is 10.1 Å². The highest BCUT2D eigenvalue weighted by molar-refractivity contribution is 9.10. The molecule has 0 aliphatic rings. The highest BCUT2D eigenvalue weighted by Gasteiger charge is 2.16. The van der Waals surface area contributed by atoms with Gasteiger partial charge in [0.25, 0.3) is 5.69 Å². The highest BCUT2D eigenvalue weighted by atomic mass is 79.9. The minimum absolute atomic E-state index is 0.0330. The zero-order valence-electron chi connectivity index (χ0n) is 17.0. The third kappa shape index (κ3) is 6.04. The van der Waals surface area contributed by atoms with E-state index in [2.05, 4.69) is 21.2 Å². The fourth-order valence-corrected chi connectivity index (χ4v) is 3.51. The molecule has 0 radical (unpaired) electrons. The van der Waals surface area contributed by atoms with Crippen LogP contribution in [0.5, 0.6) is 11.5 Å². The van der Waals surface area contributed by atoms with Crippen LogP contribution in [-0.2, 0) is 13.2 Å². The molecule has 0 bridgehead atoms. The second kappa shape index (κ2) is 10.9. The molecule has 0 aromatic heterocycles. The number of nitro groups is 1. The maximum Gasteiger partial charge on any atom is 0.269 e. The van der Waals surface area contributed by atoms with Crippen LogP contribution in [0.1, 0.15) is 22.8 Å². The van der Waals surface area contributed by atoms with E-state index in [0.29, 0.717) is 24.6 Å². The fraction of sp³-hybridized carbons (Fsp3) is 0.217. The van der Waals surface area contributed by atoms with E-state index >= 15 is 0 Å². The van der Waals surface area contributed by atoms with Crippen LogP contribution in [0.3, 0.4) is 0 Å². The molecule has 2 N–H and O–H groups in total. The minimum Gasteiger partial charge on any atom is -0.493 e. The van der Waals surface area contributed by atoms with Crippen molar-refractivity contribution in [2.75, 3.05) is 13.7 Å². The number of nitrogens with one attached hydrogen (secondary N) is 1. The molecule has 0 heterocycles. The topological polar surface area (TPSA) is 93.9 Å². The van der Waals surface area contributed by atoms with Gasteiger partial charge in [-0.05, 0) is 35.4 Å². The summed E-state index contributed by atoms with van der Waals surface area (Å²) in [5, 5.41) is 24.5. The molecule has 1 unspecified atom stereocenters. The first-order valence-electron chi connectivity index (χ1n) is 9.64. The smallest absolute Gasteiger partial charge is 0.269 e. The molecule has 162 valence electrons. The molecule has 0 spiro atoms. The Kier molecular flexibility index (Phi) is 8.00. The maximum atomic E-state index is 10.8. The number of ether oxygens (including phenoxy) is 2.